The second-order valence-corrected chi connectivity index (χ2v) is 8.43. The minimum atomic E-state index is -3.76. The fourth-order valence-corrected chi connectivity index (χ4v) is 4.67. The highest BCUT2D eigenvalue weighted by Crippen LogP contribution is 2.30. The molecule has 0 fully saturated rings. The molecule has 0 amide bonds. The van der Waals surface area contributed by atoms with Crippen molar-refractivity contribution >= 4 is 21.4 Å². The normalized spacial score (nSPS) is 11.4. The van der Waals surface area contributed by atoms with Gasteiger partial charge in [-0.25, -0.2) is 18.1 Å². The van der Waals surface area contributed by atoms with E-state index in [9.17, 15) is 8.42 Å². The molecule has 7 nitrogen and oxygen atoms in total. The number of hydrogen-bond acceptors (Lipinski definition) is 7. The Balaban J connectivity index is 1.81. The first-order valence-corrected chi connectivity index (χ1v) is 10.3. The van der Waals surface area contributed by atoms with Crippen LogP contribution in [0.15, 0.2) is 47.6 Å². The van der Waals surface area contributed by atoms with E-state index in [-0.39, 0.29) is 17.2 Å². The minimum Gasteiger partial charge on any atom is -0.497 e. The van der Waals surface area contributed by atoms with Crippen LogP contribution in [-0.4, -0.2) is 32.6 Å². The maximum Gasteiger partial charge on any atom is 0.244 e. The van der Waals surface area contributed by atoms with Gasteiger partial charge in [0, 0.05) is 35.4 Å². The number of hydrogen-bond donors (Lipinski definition) is 1. The van der Waals surface area contributed by atoms with Crippen LogP contribution < -0.4 is 14.2 Å². The summed E-state index contributed by atoms with van der Waals surface area (Å²) in [4.78, 5) is 9.50. The number of aryl methyl sites for hydroxylation is 1. The van der Waals surface area contributed by atoms with Crippen molar-refractivity contribution in [2.75, 3.05) is 14.2 Å². The van der Waals surface area contributed by atoms with Crippen LogP contribution in [0.1, 0.15) is 10.6 Å². The average Bonchev–Trinajstić information content (AvgIpc) is 3.07. The first-order chi connectivity index (χ1) is 12.9. The lowest BCUT2D eigenvalue weighted by atomic mass is 10.3. The van der Waals surface area contributed by atoms with Crippen LogP contribution >= 0.6 is 11.3 Å². The summed E-state index contributed by atoms with van der Waals surface area (Å²) in [6, 6.07) is 8.33. The van der Waals surface area contributed by atoms with Crippen molar-refractivity contribution in [3.8, 4) is 22.1 Å². The summed E-state index contributed by atoms with van der Waals surface area (Å²) in [5.74, 6) is 0.740. The molecule has 0 aliphatic heterocycles. The third-order valence-electron chi connectivity index (χ3n) is 3.88. The van der Waals surface area contributed by atoms with Crippen molar-refractivity contribution in [3.63, 3.8) is 0 Å². The second-order valence-electron chi connectivity index (χ2n) is 5.61. The smallest absolute Gasteiger partial charge is 0.244 e. The van der Waals surface area contributed by atoms with Gasteiger partial charge in [0.05, 0.1) is 19.9 Å². The molecular formula is C18H19N3O4S2. The Labute approximate surface area is 162 Å². The summed E-state index contributed by atoms with van der Waals surface area (Å²) in [5, 5.41) is 0.803. The number of thiazole rings is 1. The van der Waals surface area contributed by atoms with Crippen LogP contribution in [0, 0.1) is 6.92 Å². The Bertz CT molecular complexity index is 1030. The molecule has 0 saturated carbocycles. The highest BCUT2D eigenvalue weighted by Gasteiger charge is 2.21. The van der Waals surface area contributed by atoms with Gasteiger partial charge in [-0.05, 0) is 31.2 Å². The van der Waals surface area contributed by atoms with Crippen molar-refractivity contribution in [1.82, 2.24) is 14.7 Å². The minimum absolute atomic E-state index is 0.0560. The first kappa shape index (κ1) is 19.3. The summed E-state index contributed by atoms with van der Waals surface area (Å²) in [7, 11) is -0.837. The maximum absolute atomic E-state index is 12.7. The zero-order valence-corrected chi connectivity index (χ0v) is 16.7. The van der Waals surface area contributed by atoms with E-state index in [4.69, 9.17) is 9.47 Å². The monoisotopic (exact) mass is 405 g/mol. The van der Waals surface area contributed by atoms with Gasteiger partial charge in [0.15, 0.2) is 0 Å². The number of nitrogens with zero attached hydrogens (tertiary/aromatic N) is 2. The standard InChI is InChI=1S/C18H19N3O4S2/c1-12-16(26-18(21-12)13-5-4-8-19-10-13)11-20-27(22,23)17-7-6-14(24-2)9-15(17)25-3/h4-10,20H,11H2,1-3H3. The van der Waals surface area contributed by atoms with Gasteiger partial charge in [0.1, 0.15) is 21.4 Å². The number of sulfonamides is 1. The fraction of sp³-hybridized carbons (Fsp3) is 0.222. The summed E-state index contributed by atoms with van der Waals surface area (Å²) in [6.45, 7) is 2.00. The lowest BCUT2D eigenvalue weighted by molar-refractivity contribution is 0.386. The van der Waals surface area contributed by atoms with Crippen molar-refractivity contribution in [2.45, 2.75) is 18.4 Å². The molecule has 0 unspecified atom stereocenters. The zero-order chi connectivity index (χ0) is 19.4. The summed E-state index contributed by atoms with van der Waals surface area (Å²) < 4.78 is 38.3. The van der Waals surface area contributed by atoms with Crippen LogP contribution in [-0.2, 0) is 16.6 Å². The number of rotatable bonds is 7. The third kappa shape index (κ3) is 4.26. The highest BCUT2D eigenvalue weighted by molar-refractivity contribution is 7.89. The van der Waals surface area contributed by atoms with Gasteiger partial charge in [-0.2, -0.15) is 0 Å². The molecule has 9 heteroatoms. The molecule has 0 atom stereocenters. The van der Waals surface area contributed by atoms with Crippen LogP contribution in [0.3, 0.4) is 0 Å². The zero-order valence-electron chi connectivity index (χ0n) is 15.1. The molecule has 2 heterocycles. The van der Waals surface area contributed by atoms with Gasteiger partial charge in [0.2, 0.25) is 10.0 Å². The van der Waals surface area contributed by atoms with Crippen molar-refractivity contribution < 1.29 is 17.9 Å². The number of ether oxygens (including phenoxy) is 2. The number of aromatic nitrogens is 2. The van der Waals surface area contributed by atoms with Crippen molar-refractivity contribution in [2.24, 2.45) is 0 Å². The molecule has 0 aliphatic carbocycles. The molecule has 1 N–H and O–H groups in total. The molecule has 0 saturated heterocycles. The molecule has 27 heavy (non-hydrogen) atoms. The molecular weight excluding hydrogens is 386 g/mol. The van der Waals surface area contributed by atoms with E-state index in [0.29, 0.717) is 5.75 Å². The molecule has 1 aromatic carbocycles. The van der Waals surface area contributed by atoms with E-state index in [0.717, 1.165) is 21.1 Å². The number of pyridine rings is 1. The molecule has 0 spiro atoms. The van der Waals surface area contributed by atoms with E-state index in [1.54, 1.807) is 18.5 Å². The van der Waals surface area contributed by atoms with Gasteiger partial charge < -0.3 is 9.47 Å². The van der Waals surface area contributed by atoms with E-state index in [1.165, 1.54) is 37.7 Å². The first-order valence-electron chi connectivity index (χ1n) is 8.03. The Morgan fingerprint density at radius 3 is 2.67 bits per heavy atom. The molecule has 0 bridgehead atoms. The molecule has 0 radical (unpaired) electrons. The predicted octanol–water partition coefficient (Wildman–Crippen LogP) is 3.01. The quantitative estimate of drug-likeness (QED) is 0.650. The van der Waals surface area contributed by atoms with E-state index in [1.807, 2.05) is 19.1 Å². The SMILES string of the molecule is COc1ccc(S(=O)(=O)NCc2sc(-c3cccnc3)nc2C)c(OC)c1. The van der Waals surface area contributed by atoms with Crippen molar-refractivity contribution in [1.29, 1.82) is 0 Å². The fourth-order valence-electron chi connectivity index (χ4n) is 2.44. The predicted molar refractivity (Wildman–Crippen MR) is 104 cm³/mol. The van der Waals surface area contributed by atoms with Gasteiger partial charge in [0.25, 0.3) is 0 Å². The molecule has 0 aliphatic rings. The molecule has 3 aromatic rings. The van der Waals surface area contributed by atoms with Crippen LogP contribution in [0.5, 0.6) is 11.5 Å². The average molecular weight is 406 g/mol. The Morgan fingerprint density at radius 1 is 1.19 bits per heavy atom. The van der Waals surface area contributed by atoms with Gasteiger partial charge in [-0.1, -0.05) is 0 Å². The molecule has 2 aromatic heterocycles. The lowest BCUT2D eigenvalue weighted by Gasteiger charge is -2.11. The Hall–Kier alpha value is -2.49. The summed E-state index contributed by atoms with van der Waals surface area (Å²) in [5.41, 5.74) is 1.68. The number of methoxy groups -OCH3 is 2. The van der Waals surface area contributed by atoms with E-state index in [2.05, 4.69) is 14.7 Å². The van der Waals surface area contributed by atoms with Crippen molar-refractivity contribution in [3.05, 3.63) is 53.3 Å². The largest absolute Gasteiger partial charge is 0.497 e. The Kier molecular flexibility index (Phi) is 5.73. The molecule has 3 rings (SSSR count). The van der Waals surface area contributed by atoms with Gasteiger partial charge in [-0.3, -0.25) is 4.98 Å². The van der Waals surface area contributed by atoms with Crippen LogP contribution in [0.25, 0.3) is 10.6 Å². The Morgan fingerprint density at radius 2 is 2.00 bits per heavy atom. The van der Waals surface area contributed by atoms with Gasteiger partial charge in [-0.15, -0.1) is 11.3 Å². The second kappa shape index (κ2) is 8.03. The van der Waals surface area contributed by atoms with E-state index < -0.39 is 10.0 Å². The highest BCUT2D eigenvalue weighted by atomic mass is 32.2. The third-order valence-corrected chi connectivity index (χ3v) is 6.53. The maximum atomic E-state index is 12.7. The van der Waals surface area contributed by atoms with E-state index >= 15 is 0 Å². The van der Waals surface area contributed by atoms with Crippen LogP contribution in [0.2, 0.25) is 0 Å². The number of benzene rings is 1. The molecule has 142 valence electrons. The summed E-state index contributed by atoms with van der Waals surface area (Å²) >= 11 is 1.44. The number of nitrogens with one attached hydrogen (secondary N) is 1. The van der Waals surface area contributed by atoms with Gasteiger partial charge >= 0.3 is 0 Å². The summed E-state index contributed by atoms with van der Waals surface area (Å²) in [6.07, 6.45) is 3.43. The lowest BCUT2D eigenvalue weighted by Crippen LogP contribution is -2.23. The topological polar surface area (TPSA) is 90.4 Å². The van der Waals surface area contributed by atoms with Crippen LogP contribution in [0.4, 0.5) is 0 Å².